The van der Waals surface area contributed by atoms with E-state index in [4.69, 9.17) is 9.72 Å². The average molecular weight is 364 g/mol. The largest absolute Gasteiger partial charge is 0.490 e. The molecule has 2 aromatic carbocycles. The first kappa shape index (κ1) is 17.7. The fourth-order valence-electron chi connectivity index (χ4n) is 3.60. The first-order valence-electron chi connectivity index (χ1n) is 9.49. The van der Waals surface area contributed by atoms with Crippen LogP contribution in [-0.2, 0) is 6.54 Å². The fraction of sp³-hybridized carbons (Fsp3) is 0.364. The van der Waals surface area contributed by atoms with Gasteiger partial charge in [-0.3, -0.25) is 4.79 Å². The zero-order chi connectivity index (χ0) is 18.8. The van der Waals surface area contributed by atoms with E-state index in [-0.39, 0.29) is 12.4 Å². The van der Waals surface area contributed by atoms with Crippen molar-refractivity contribution in [1.29, 1.82) is 0 Å². The number of nitrogens with zero attached hydrogens (tertiary/aromatic N) is 2. The van der Waals surface area contributed by atoms with Gasteiger partial charge in [0.25, 0.3) is 0 Å². The summed E-state index contributed by atoms with van der Waals surface area (Å²) in [5.41, 5.74) is 2.55. The van der Waals surface area contributed by atoms with E-state index in [1.807, 2.05) is 36.4 Å². The molecule has 5 heteroatoms. The molecular weight excluding hydrogens is 340 g/mol. The number of aliphatic hydroxyl groups is 1. The number of para-hydroxylation sites is 3. The minimum atomic E-state index is -0.693. The summed E-state index contributed by atoms with van der Waals surface area (Å²) >= 11 is 0. The molecule has 0 radical (unpaired) electrons. The van der Waals surface area contributed by atoms with Crippen molar-refractivity contribution in [3.63, 3.8) is 0 Å². The quantitative estimate of drug-likeness (QED) is 0.645. The second kappa shape index (κ2) is 7.53. The molecule has 0 bridgehead atoms. The van der Waals surface area contributed by atoms with Crippen LogP contribution in [0.25, 0.3) is 11.0 Å². The van der Waals surface area contributed by atoms with Crippen molar-refractivity contribution < 1.29 is 14.6 Å². The molecule has 0 amide bonds. The Morgan fingerprint density at radius 1 is 1.22 bits per heavy atom. The number of hydrogen-bond acceptors (Lipinski definition) is 4. The van der Waals surface area contributed by atoms with Gasteiger partial charge in [-0.15, -0.1) is 0 Å². The van der Waals surface area contributed by atoms with Crippen LogP contribution in [0.4, 0.5) is 0 Å². The van der Waals surface area contributed by atoms with Crippen LogP contribution >= 0.6 is 0 Å². The summed E-state index contributed by atoms with van der Waals surface area (Å²) in [7, 11) is 0. The zero-order valence-electron chi connectivity index (χ0n) is 15.5. The Morgan fingerprint density at radius 2 is 1.96 bits per heavy atom. The Balaban J connectivity index is 1.51. The van der Waals surface area contributed by atoms with Crippen LogP contribution in [0.1, 0.15) is 48.3 Å². The topological polar surface area (TPSA) is 64.3 Å². The first-order chi connectivity index (χ1) is 13.1. The number of aliphatic hydroxyl groups excluding tert-OH is 1. The summed E-state index contributed by atoms with van der Waals surface area (Å²) in [6, 6.07) is 15.2. The van der Waals surface area contributed by atoms with Crippen LogP contribution in [0.5, 0.6) is 5.75 Å². The van der Waals surface area contributed by atoms with E-state index in [9.17, 15) is 9.90 Å². The molecule has 1 atom stereocenters. The third-order valence-electron chi connectivity index (χ3n) is 5.25. The van der Waals surface area contributed by atoms with Crippen LogP contribution in [0.2, 0.25) is 0 Å². The molecule has 1 N–H and O–H groups in total. The van der Waals surface area contributed by atoms with Crippen molar-refractivity contribution in [3.05, 3.63) is 59.9 Å². The number of hydrogen-bond donors (Lipinski definition) is 1. The Hall–Kier alpha value is -2.66. The maximum Gasteiger partial charge on any atom is 0.163 e. The summed E-state index contributed by atoms with van der Waals surface area (Å²) in [6.07, 6.45) is 2.85. The van der Waals surface area contributed by atoms with E-state index in [2.05, 4.69) is 4.57 Å². The molecule has 140 valence electrons. The third kappa shape index (κ3) is 3.60. The monoisotopic (exact) mass is 364 g/mol. The van der Waals surface area contributed by atoms with E-state index in [0.29, 0.717) is 23.8 Å². The first-order valence-corrected chi connectivity index (χ1v) is 9.49. The number of benzene rings is 2. The van der Waals surface area contributed by atoms with Gasteiger partial charge in [0, 0.05) is 5.92 Å². The Morgan fingerprint density at radius 3 is 2.70 bits per heavy atom. The van der Waals surface area contributed by atoms with Gasteiger partial charge in [-0.1, -0.05) is 30.7 Å². The van der Waals surface area contributed by atoms with Gasteiger partial charge < -0.3 is 14.4 Å². The highest BCUT2D eigenvalue weighted by Gasteiger charge is 2.26. The molecule has 27 heavy (non-hydrogen) atoms. The maximum absolute atomic E-state index is 11.7. The lowest BCUT2D eigenvalue weighted by Crippen LogP contribution is -2.26. The van der Waals surface area contributed by atoms with E-state index >= 15 is 0 Å². The number of carbonyl (C=O) groups excluding carboxylic acids is 1. The number of fused-ring (bicyclic) bond motifs is 1. The molecule has 0 saturated heterocycles. The Labute approximate surface area is 158 Å². The van der Waals surface area contributed by atoms with Gasteiger partial charge in [0.15, 0.2) is 5.78 Å². The van der Waals surface area contributed by atoms with Gasteiger partial charge in [-0.2, -0.15) is 0 Å². The van der Waals surface area contributed by atoms with Crippen molar-refractivity contribution in [2.24, 2.45) is 0 Å². The molecule has 4 rings (SSSR count). The number of Topliss-reactive ketones (excluding diaryl/α,β-unsaturated/α-hetero) is 1. The highest BCUT2D eigenvalue weighted by molar-refractivity contribution is 5.96. The molecule has 0 aliphatic heterocycles. The molecule has 1 aliphatic rings. The number of ketones is 1. The smallest absolute Gasteiger partial charge is 0.163 e. The highest BCUT2D eigenvalue weighted by Crippen LogP contribution is 2.37. The highest BCUT2D eigenvalue weighted by atomic mass is 16.5. The van der Waals surface area contributed by atoms with E-state index in [1.54, 1.807) is 12.1 Å². The minimum Gasteiger partial charge on any atom is -0.490 e. The lowest BCUT2D eigenvalue weighted by atomic mass is 9.85. The number of imidazole rings is 1. The van der Waals surface area contributed by atoms with Crippen LogP contribution in [0.3, 0.4) is 0 Å². The van der Waals surface area contributed by atoms with Gasteiger partial charge in [-0.05, 0) is 44.0 Å². The standard InChI is InChI=1S/C22H24N2O3/c1-15(25)18-9-2-5-12-21(18)27-14-17(26)13-24-20-11-4-3-10-19(20)23-22(24)16-7-6-8-16/h2-5,9-12,16-17,26H,6-8,13-14H2,1H3. The normalized spacial score (nSPS) is 15.5. The van der Waals surface area contributed by atoms with E-state index < -0.39 is 6.10 Å². The number of rotatable bonds is 7. The second-order valence-corrected chi connectivity index (χ2v) is 7.21. The van der Waals surface area contributed by atoms with Gasteiger partial charge in [0.05, 0.1) is 23.1 Å². The summed E-state index contributed by atoms with van der Waals surface area (Å²) in [5.74, 6) is 2.00. The molecule has 1 aliphatic carbocycles. The van der Waals surface area contributed by atoms with Crippen molar-refractivity contribution in [2.45, 2.75) is 44.8 Å². The number of ether oxygens (including phenoxy) is 1. The lowest BCUT2D eigenvalue weighted by Gasteiger charge is -2.26. The van der Waals surface area contributed by atoms with Crippen LogP contribution in [0, 0.1) is 0 Å². The molecule has 1 heterocycles. The molecule has 1 saturated carbocycles. The summed E-state index contributed by atoms with van der Waals surface area (Å²) in [5, 5.41) is 10.6. The molecular formula is C22H24N2O3. The predicted molar refractivity (Wildman–Crippen MR) is 104 cm³/mol. The number of aromatic nitrogens is 2. The van der Waals surface area contributed by atoms with Crippen molar-refractivity contribution in [1.82, 2.24) is 9.55 Å². The molecule has 5 nitrogen and oxygen atoms in total. The van der Waals surface area contributed by atoms with E-state index in [0.717, 1.165) is 29.7 Å². The minimum absolute atomic E-state index is 0.0482. The van der Waals surface area contributed by atoms with Gasteiger partial charge in [0.1, 0.15) is 24.3 Å². The Bertz CT molecular complexity index is 959. The van der Waals surface area contributed by atoms with Crippen molar-refractivity contribution in [3.8, 4) is 5.75 Å². The molecule has 1 aromatic heterocycles. The van der Waals surface area contributed by atoms with Gasteiger partial charge in [-0.25, -0.2) is 4.98 Å². The summed E-state index contributed by atoms with van der Waals surface area (Å²) < 4.78 is 7.89. The Kier molecular flexibility index (Phi) is 4.94. The maximum atomic E-state index is 11.7. The van der Waals surface area contributed by atoms with Gasteiger partial charge >= 0.3 is 0 Å². The van der Waals surface area contributed by atoms with Gasteiger partial charge in [0.2, 0.25) is 0 Å². The number of carbonyl (C=O) groups is 1. The van der Waals surface area contributed by atoms with Crippen LogP contribution in [0.15, 0.2) is 48.5 Å². The lowest BCUT2D eigenvalue weighted by molar-refractivity contribution is 0.0893. The van der Waals surface area contributed by atoms with Crippen LogP contribution < -0.4 is 4.74 Å². The second-order valence-electron chi connectivity index (χ2n) is 7.21. The molecule has 1 unspecified atom stereocenters. The average Bonchev–Trinajstić information content (AvgIpc) is 2.97. The molecule has 3 aromatic rings. The zero-order valence-corrected chi connectivity index (χ0v) is 15.5. The predicted octanol–water partition coefficient (Wildman–Crippen LogP) is 3.95. The van der Waals surface area contributed by atoms with Crippen LogP contribution in [-0.4, -0.2) is 33.2 Å². The molecule has 0 spiro atoms. The van der Waals surface area contributed by atoms with Crippen molar-refractivity contribution >= 4 is 16.8 Å². The fourth-order valence-corrected chi connectivity index (χ4v) is 3.60. The SMILES string of the molecule is CC(=O)c1ccccc1OCC(O)Cn1c(C2CCC2)nc2ccccc21. The molecule has 1 fully saturated rings. The summed E-state index contributed by atoms with van der Waals surface area (Å²) in [6.45, 7) is 2.07. The summed E-state index contributed by atoms with van der Waals surface area (Å²) in [4.78, 5) is 16.5. The van der Waals surface area contributed by atoms with Crippen molar-refractivity contribution in [2.75, 3.05) is 6.61 Å². The third-order valence-corrected chi connectivity index (χ3v) is 5.25. The van der Waals surface area contributed by atoms with E-state index in [1.165, 1.54) is 13.3 Å².